The molecule has 0 radical (unpaired) electrons. The van der Waals surface area contributed by atoms with Gasteiger partial charge < -0.3 is 4.90 Å². The van der Waals surface area contributed by atoms with E-state index in [9.17, 15) is 0 Å². The lowest BCUT2D eigenvalue weighted by molar-refractivity contribution is 0.532. The molecule has 108 valence electrons. The molecule has 0 atom stereocenters. The number of nitrogens with zero attached hydrogens (tertiary/aromatic N) is 2. The van der Waals surface area contributed by atoms with Gasteiger partial charge in [-0.2, -0.15) is 0 Å². The number of hydrogen-bond donors (Lipinski definition) is 0. The number of anilines is 1. The fraction of sp³-hybridized carbons (Fsp3) is 0.688. The zero-order chi connectivity index (χ0) is 14.3. The predicted octanol–water partition coefficient (Wildman–Crippen LogP) is 4.72. The maximum absolute atomic E-state index is 6.03. The third kappa shape index (κ3) is 5.82. The first-order chi connectivity index (χ1) is 9.04. The Bertz CT molecular complexity index is 352. The van der Waals surface area contributed by atoms with Crippen molar-refractivity contribution < 1.29 is 0 Å². The molecule has 0 aliphatic heterocycles. The molecule has 0 aliphatic carbocycles. The molecule has 0 saturated heterocycles. The van der Waals surface area contributed by atoms with Crippen molar-refractivity contribution in [2.75, 3.05) is 18.0 Å². The molecule has 0 spiro atoms. The van der Waals surface area contributed by atoms with E-state index in [4.69, 9.17) is 11.6 Å². The van der Waals surface area contributed by atoms with Crippen LogP contribution in [0.5, 0.6) is 0 Å². The highest BCUT2D eigenvalue weighted by molar-refractivity contribution is 6.17. The molecule has 19 heavy (non-hydrogen) atoms. The maximum atomic E-state index is 6.03. The van der Waals surface area contributed by atoms with Gasteiger partial charge in [-0.05, 0) is 30.7 Å². The largest absolute Gasteiger partial charge is 0.356 e. The van der Waals surface area contributed by atoms with E-state index in [2.05, 4.69) is 43.6 Å². The van der Waals surface area contributed by atoms with Crippen LogP contribution in [0.3, 0.4) is 0 Å². The van der Waals surface area contributed by atoms with Crippen molar-refractivity contribution in [3.05, 3.63) is 23.9 Å². The molecule has 3 heteroatoms. The van der Waals surface area contributed by atoms with Crippen molar-refractivity contribution in [2.24, 2.45) is 11.8 Å². The fourth-order valence-electron chi connectivity index (χ4n) is 1.97. The Morgan fingerprint density at radius 2 is 1.68 bits per heavy atom. The lowest BCUT2D eigenvalue weighted by Crippen LogP contribution is -2.29. The van der Waals surface area contributed by atoms with Crippen molar-refractivity contribution in [2.45, 2.75) is 46.4 Å². The molecule has 0 fully saturated rings. The van der Waals surface area contributed by atoms with E-state index in [1.165, 1.54) is 12.8 Å². The van der Waals surface area contributed by atoms with Gasteiger partial charge in [0.25, 0.3) is 0 Å². The van der Waals surface area contributed by atoms with Crippen LogP contribution >= 0.6 is 11.6 Å². The Hall–Kier alpha value is -0.760. The monoisotopic (exact) mass is 282 g/mol. The SMILES string of the molecule is CC(C)CCN(CCC(C)C)c1ncccc1CCl. The second kappa shape index (κ2) is 8.42. The van der Waals surface area contributed by atoms with E-state index < -0.39 is 0 Å². The molecule has 1 rings (SSSR count). The highest BCUT2D eigenvalue weighted by Crippen LogP contribution is 2.21. The van der Waals surface area contributed by atoms with Gasteiger partial charge in [-0.25, -0.2) is 4.98 Å². The van der Waals surface area contributed by atoms with Crippen LogP contribution in [0.4, 0.5) is 5.82 Å². The first-order valence-electron chi connectivity index (χ1n) is 7.29. The van der Waals surface area contributed by atoms with Gasteiger partial charge in [0.05, 0.1) is 5.88 Å². The van der Waals surface area contributed by atoms with Crippen LogP contribution in [0, 0.1) is 11.8 Å². The lowest BCUT2D eigenvalue weighted by atomic mass is 10.1. The first kappa shape index (κ1) is 16.3. The molecule has 0 aliphatic rings. The standard InChI is InChI=1S/C16H27ClN2/c1-13(2)7-10-19(11-8-14(3)4)16-15(12-17)6-5-9-18-16/h5-6,9,13-14H,7-8,10-12H2,1-4H3. The average Bonchev–Trinajstić information content (AvgIpc) is 2.38. The zero-order valence-corrected chi connectivity index (χ0v) is 13.5. The molecule has 0 aromatic carbocycles. The molecule has 0 amide bonds. The normalized spacial score (nSPS) is 11.3. The number of pyridine rings is 1. The van der Waals surface area contributed by atoms with Gasteiger partial charge in [0.1, 0.15) is 5.82 Å². The summed E-state index contributed by atoms with van der Waals surface area (Å²) >= 11 is 6.03. The minimum absolute atomic E-state index is 0.531. The summed E-state index contributed by atoms with van der Waals surface area (Å²) in [4.78, 5) is 6.95. The summed E-state index contributed by atoms with van der Waals surface area (Å²) in [6.45, 7) is 11.2. The topological polar surface area (TPSA) is 16.1 Å². The van der Waals surface area contributed by atoms with Crippen molar-refractivity contribution in [1.82, 2.24) is 4.98 Å². The Kier molecular flexibility index (Phi) is 7.22. The van der Waals surface area contributed by atoms with Gasteiger partial charge in [-0.15, -0.1) is 11.6 Å². The minimum Gasteiger partial charge on any atom is -0.356 e. The lowest BCUT2D eigenvalue weighted by Gasteiger charge is -2.27. The summed E-state index contributed by atoms with van der Waals surface area (Å²) in [5.41, 5.74) is 1.14. The first-order valence-corrected chi connectivity index (χ1v) is 7.82. The molecule has 1 aromatic rings. The van der Waals surface area contributed by atoms with E-state index in [0.717, 1.165) is 24.5 Å². The molecular weight excluding hydrogens is 256 g/mol. The van der Waals surface area contributed by atoms with E-state index in [-0.39, 0.29) is 0 Å². The van der Waals surface area contributed by atoms with E-state index in [1.54, 1.807) is 0 Å². The summed E-state index contributed by atoms with van der Waals surface area (Å²) in [7, 11) is 0. The Labute approximate surface area is 123 Å². The molecule has 0 bridgehead atoms. The van der Waals surface area contributed by atoms with E-state index in [1.807, 2.05) is 12.3 Å². The van der Waals surface area contributed by atoms with Gasteiger partial charge in [0.15, 0.2) is 0 Å². The highest BCUT2D eigenvalue weighted by Gasteiger charge is 2.13. The average molecular weight is 283 g/mol. The summed E-state index contributed by atoms with van der Waals surface area (Å²) in [6.07, 6.45) is 4.25. The second-order valence-corrected chi connectivity index (χ2v) is 6.24. The molecule has 0 N–H and O–H groups in total. The number of alkyl halides is 1. The van der Waals surface area contributed by atoms with Crippen molar-refractivity contribution in [3.8, 4) is 0 Å². The second-order valence-electron chi connectivity index (χ2n) is 5.97. The van der Waals surface area contributed by atoms with Gasteiger partial charge in [0, 0.05) is 24.8 Å². The molecule has 0 unspecified atom stereocenters. The third-order valence-corrected chi connectivity index (χ3v) is 3.55. The third-order valence-electron chi connectivity index (χ3n) is 3.26. The fourth-order valence-corrected chi connectivity index (χ4v) is 2.18. The van der Waals surface area contributed by atoms with Crippen LogP contribution in [0.25, 0.3) is 0 Å². The molecule has 2 nitrogen and oxygen atoms in total. The van der Waals surface area contributed by atoms with Gasteiger partial charge >= 0.3 is 0 Å². The predicted molar refractivity (Wildman–Crippen MR) is 84.9 cm³/mol. The van der Waals surface area contributed by atoms with Gasteiger partial charge in [-0.3, -0.25) is 0 Å². The summed E-state index contributed by atoms with van der Waals surface area (Å²) < 4.78 is 0. The summed E-state index contributed by atoms with van der Waals surface area (Å²) in [6, 6.07) is 4.04. The van der Waals surface area contributed by atoms with Crippen LogP contribution in [0.15, 0.2) is 18.3 Å². The Morgan fingerprint density at radius 1 is 1.11 bits per heavy atom. The van der Waals surface area contributed by atoms with Crippen molar-refractivity contribution in [3.63, 3.8) is 0 Å². The molecular formula is C16H27ClN2. The minimum atomic E-state index is 0.531. The van der Waals surface area contributed by atoms with Gasteiger partial charge in [-0.1, -0.05) is 33.8 Å². The van der Waals surface area contributed by atoms with Crippen LogP contribution in [0.1, 0.15) is 46.1 Å². The molecule has 0 saturated carbocycles. The van der Waals surface area contributed by atoms with Crippen LogP contribution in [-0.4, -0.2) is 18.1 Å². The molecule has 1 heterocycles. The molecule has 1 aromatic heterocycles. The van der Waals surface area contributed by atoms with Crippen molar-refractivity contribution in [1.29, 1.82) is 0 Å². The van der Waals surface area contributed by atoms with E-state index in [0.29, 0.717) is 17.7 Å². The smallest absolute Gasteiger partial charge is 0.132 e. The Balaban J connectivity index is 2.81. The number of halogens is 1. The van der Waals surface area contributed by atoms with Crippen LogP contribution in [-0.2, 0) is 5.88 Å². The van der Waals surface area contributed by atoms with E-state index >= 15 is 0 Å². The quantitative estimate of drug-likeness (QED) is 0.642. The summed E-state index contributed by atoms with van der Waals surface area (Å²) in [5.74, 6) is 3.02. The van der Waals surface area contributed by atoms with Crippen LogP contribution < -0.4 is 4.90 Å². The highest BCUT2D eigenvalue weighted by atomic mass is 35.5. The van der Waals surface area contributed by atoms with Crippen LogP contribution in [0.2, 0.25) is 0 Å². The Morgan fingerprint density at radius 3 is 2.16 bits per heavy atom. The zero-order valence-electron chi connectivity index (χ0n) is 12.7. The van der Waals surface area contributed by atoms with Gasteiger partial charge in [0.2, 0.25) is 0 Å². The number of rotatable bonds is 8. The number of aromatic nitrogens is 1. The van der Waals surface area contributed by atoms with Crippen molar-refractivity contribution >= 4 is 17.4 Å². The maximum Gasteiger partial charge on any atom is 0.132 e. The number of hydrogen-bond acceptors (Lipinski definition) is 2. The summed E-state index contributed by atoms with van der Waals surface area (Å²) in [5, 5.41) is 0.